The lowest BCUT2D eigenvalue weighted by Crippen LogP contribution is -2.00. The van der Waals surface area contributed by atoms with Crippen LogP contribution in [0.25, 0.3) is 11.3 Å². The summed E-state index contributed by atoms with van der Waals surface area (Å²) in [5.41, 5.74) is -0.741. The normalized spacial score (nSPS) is 10.4. The van der Waals surface area contributed by atoms with Gasteiger partial charge >= 0.3 is 5.97 Å². The van der Waals surface area contributed by atoms with E-state index in [1.54, 1.807) is 0 Å². The second-order valence-electron chi connectivity index (χ2n) is 2.89. The Bertz CT molecular complexity index is 556. The summed E-state index contributed by atoms with van der Waals surface area (Å²) in [5.74, 6) is -2.73. The summed E-state index contributed by atoms with van der Waals surface area (Å²) >= 11 is 0.634. The Hall–Kier alpha value is -1.89. The van der Waals surface area contributed by atoms with Gasteiger partial charge in [0.15, 0.2) is 5.69 Å². The van der Waals surface area contributed by atoms with Crippen molar-refractivity contribution in [3.63, 3.8) is 0 Å². The minimum Gasteiger partial charge on any atom is -0.476 e. The van der Waals surface area contributed by atoms with Crippen LogP contribution in [0.4, 0.5) is 8.78 Å². The topological polar surface area (TPSA) is 63.1 Å². The number of aromatic nitrogens is 2. The van der Waals surface area contributed by atoms with Crippen LogP contribution in [0.5, 0.6) is 0 Å². The van der Waals surface area contributed by atoms with Gasteiger partial charge in [0.25, 0.3) is 0 Å². The van der Waals surface area contributed by atoms with Crippen molar-refractivity contribution in [2.24, 2.45) is 0 Å². The van der Waals surface area contributed by atoms with E-state index in [1.165, 1.54) is 0 Å². The molecule has 0 fully saturated rings. The lowest BCUT2D eigenvalue weighted by Gasteiger charge is -2.00. The van der Waals surface area contributed by atoms with E-state index in [9.17, 15) is 13.6 Å². The van der Waals surface area contributed by atoms with Crippen LogP contribution in [-0.4, -0.2) is 19.8 Å². The van der Waals surface area contributed by atoms with Gasteiger partial charge in [-0.3, -0.25) is 0 Å². The molecule has 0 aliphatic heterocycles. The molecule has 1 N–H and O–H groups in total. The molecule has 82 valence electrons. The molecule has 16 heavy (non-hydrogen) atoms. The average Bonchev–Trinajstić information content (AvgIpc) is 2.70. The van der Waals surface area contributed by atoms with Crippen LogP contribution in [0.2, 0.25) is 0 Å². The zero-order chi connectivity index (χ0) is 11.7. The molecule has 0 bridgehead atoms. The molecule has 0 atom stereocenters. The van der Waals surface area contributed by atoms with E-state index in [0.717, 1.165) is 18.2 Å². The van der Waals surface area contributed by atoms with E-state index in [4.69, 9.17) is 5.11 Å². The maximum absolute atomic E-state index is 13.4. The number of hydrogen-bond acceptors (Lipinski definition) is 4. The molecular weight excluding hydrogens is 238 g/mol. The summed E-state index contributed by atoms with van der Waals surface area (Å²) in [6.07, 6.45) is 0. The quantitative estimate of drug-likeness (QED) is 0.876. The van der Waals surface area contributed by atoms with Gasteiger partial charge in [0.05, 0.1) is 11.7 Å². The van der Waals surface area contributed by atoms with Crippen molar-refractivity contribution < 1.29 is 18.7 Å². The van der Waals surface area contributed by atoms with E-state index >= 15 is 0 Å². The number of carboxylic acid groups (broad SMARTS) is 1. The number of carbonyl (C=O) groups is 1. The molecule has 0 spiro atoms. The molecule has 0 unspecified atom stereocenters. The van der Waals surface area contributed by atoms with Gasteiger partial charge in [-0.2, -0.15) is 8.75 Å². The molecule has 0 saturated carbocycles. The molecule has 0 saturated heterocycles. The third-order valence-electron chi connectivity index (χ3n) is 1.87. The first kappa shape index (κ1) is 10.6. The number of halogens is 2. The van der Waals surface area contributed by atoms with Crippen molar-refractivity contribution in [3.8, 4) is 11.3 Å². The molecule has 7 heteroatoms. The van der Waals surface area contributed by atoms with Crippen molar-refractivity contribution in [1.29, 1.82) is 0 Å². The Kier molecular flexibility index (Phi) is 2.61. The molecule has 2 aromatic rings. The Labute approximate surface area is 92.5 Å². The molecule has 1 aromatic heterocycles. The average molecular weight is 242 g/mol. The van der Waals surface area contributed by atoms with Crippen molar-refractivity contribution in [2.45, 2.75) is 0 Å². The van der Waals surface area contributed by atoms with Gasteiger partial charge in [-0.25, -0.2) is 13.6 Å². The van der Waals surface area contributed by atoms with Crippen LogP contribution in [0.3, 0.4) is 0 Å². The van der Waals surface area contributed by atoms with Gasteiger partial charge < -0.3 is 5.11 Å². The molecule has 4 nitrogen and oxygen atoms in total. The van der Waals surface area contributed by atoms with Crippen LogP contribution in [0.1, 0.15) is 10.5 Å². The van der Waals surface area contributed by atoms with Crippen molar-refractivity contribution >= 4 is 17.7 Å². The summed E-state index contributed by atoms with van der Waals surface area (Å²) in [5, 5.41) is 8.76. The van der Waals surface area contributed by atoms with Gasteiger partial charge in [-0.05, 0) is 18.2 Å². The highest BCUT2D eigenvalue weighted by Crippen LogP contribution is 2.25. The fourth-order valence-electron chi connectivity index (χ4n) is 1.18. The van der Waals surface area contributed by atoms with E-state index in [2.05, 4.69) is 8.75 Å². The van der Waals surface area contributed by atoms with Gasteiger partial charge in [0, 0.05) is 5.56 Å². The predicted molar refractivity (Wildman–Crippen MR) is 52.2 cm³/mol. The zero-order valence-electron chi connectivity index (χ0n) is 7.65. The largest absolute Gasteiger partial charge is 0.476 e. The summed E-state index contributed by atoms with van der Waals surface area (Å²) in [6, 6.07) is 2.74. The number of rotatable bonds is 2. The number of aromatic carboxylic acids is 1. The van der Waals surface area contributed by atoms with E-state index in [0.29, 0.717) is 11.7 Å². The smallest absolute Gasteiger partial charge is 0.357 e. The van der Waals surface area contributed by atoms with E-state index in [1.807, 2.05) is 0 Å². The maximum Gasteiger partial charge on any atom is 0.357 e. The Morgan fingerprint density at radius 1 is 1.31 bits per heavy atom. The van der Waals surface area contributed by atoms with Crippen LogP contribution >= 0.6 is 11.7 Å². The van der Waals surface area contributed by atoms with Gasteiger partial charge in [-0.1, -0.05) is 0 Å². The first-order valence-corrected chi connectivity index (χ1v) is 4.84. The van der Waals surface area contributed by atoms with Crippen LogP contribution < -0.4 is 0 Å². The monoisotopic (exact) mass is 242 g/mol. The van der Waals surface area contributed by atoms with Crippen LogP contribution in [0.15, 0.2) is 18.2 Å². The number of benzene rings is 1. The Balaban J connectivity index is 2.62. The first-order chi connectivity index (χ1) is 7.59. The molecule has 1 aromatic carbocycles. The predicted octanol–water partition coefficient (Wildman–Crippen LogP) is 2.18. The van der Waals surface area contributed by atoms with Crippen LogP contribution in [-0.2, 0) is 0 Å². The molecule has 0 aliphatic carbocycles. The minimum atomic E-state index is -1.33. The number of hydrogen-bond donors (Lipinski definition) is 1. The second kappa shape index (κ2) is 3.93. The summed E-state index contributed by atoms with van der Waals surface area (Å²) < 4.78 is 33.4. The molecule has 0 aliphatic rings. The van der Waals surface area contributed by atoms with Crippen molar-refractivity contribution in [1.82, 2.24) is 8.75 Å². The standard InChI is InChI=1S/C9H4F2N2O2S/c10-4-1-2-6(11)5(3-4)7-8(9(14)15)13-16-12-7/h1-3H,(H,14,15). The Morgan fingerprint density at radius 2 is 2.06 bits per heavy atom. The van der Waals surface area contributed by atoms with E-state index in [-0.39, 0.29) is 17.0 Å². The van der Waals surface area contributed by atoms with Gasteiger partial charge in [0.2, 0.25) is 0 Å². The Morgan fingerprint density at radius 3 is 2.75 bits per heavy atom. The third kappa shape index (κ3) is 1.76. The van der Waals surface area contributed by atoms with Crippen molar-refractivity contribution in [3.05, 3.63) is 35.5 Å². The summed E-state index contributed by atoms with van der Waals surface area (Å²) in [7, 11) is 0. The lowest BCUT2D eigenvalue weighted by atomic mass is 10.1. The van der Waals surface area contributed by atoms with Crippen molar-refractivity contribution in [2.75, 3.05) is 0 Å². The van der Waals surface area contributed by atoms with Gasteiger partial charge in [0.1, 0.15) is 17.3 Å². The fourth-order valence-corrected chi connectivity index (χ4v) is 1.74. The molecule has 0 amide bonds. The summed E-state index contributed by atoms with van der Waals surface area (Å²) in [6.45, 7) is 0. The maximum atomic E-state index is 13.4. The van der Waals surface area contributed by atoms with Gasteiger partial charge in [-0.15, -0.1) is 0 Å². The van der Waals surface area contributed by atoms with Crippen LogP contribution in [0, 0.1) is 11.6 Å². The highest BCUT2D eigenvalue weighted by molar-refractivity contribution is 6.99. The third-order valence-corrected chi connectivity index (χ3v) is 2.40. The lowest BCUT2D eigenvalue weighted by molar-refractivity contribution is 0.0692. The SMILES string of the molecule is O=C(O)c1nsnc1-c1cc(F)ccc1F. The minimum absolute atomic E-state index is 0.158. The highest BCUT2D eigenvalue weighted by Gasteiger charge is 2.20. The molecule has 1 heterocycles. The number of nitrogens with zero attached hydrogens (tertiary/aromatic N) is 2. The molecule has 0 radical (unpaired) electrons. The first-order valence-electron chi connectivity index (χ1n) is 4.11. The fraction of sp³-hybridized carbons (Fsp3) is 0. The summed E-state index contributed by atoms with van der Waals surface area (Å²) in [4.78, 5) is 10.7. The highest BCUT2D eigenvalue weighted by atomic mass is 32.1. The molecular formula is C9H4F2N2O2S. The number of carboxylic acids is 1. The van der Waals surface area contributed by atoms with E-state index < -0.39 is 17.6 Å². The second-order valence-corrected chi connectivity index (χ2v) is 3.42. The zero-order valence-corrected chi connectivity index (χ0v) is 8.46. The molecule has 2 rings (SSSR count).